The van der Waals surface area contributed by atoms with E-state index in [1.54, 1.807) is 0 Å². The molecule has 2 aliphatic heterocycles. The summed E-state index contributed by atoms with van der Waals surface area (Å²) >= 11 is 0. The highest BCUT2D eigenvalue weighted by Gasteiger charge is 2.45. The topological polar surface area (TPSA) is 16.3 Å². The van der Waals surface area contributed by atoms with E-state index in [1.807, 2.05) is 0 Å². The fourth-order valence-corrected chi connectivity index (χ4v) is 12.9. The van der Waals surface area contributed by atoms with Crippen LogP contribution in [0.5, 0.6) is 0 Å². The first-order valence-corrected chi connectivity index (χ1v) is 26.6. The van der Waals surface area contributed by atoms with Gasteiger partial charge in [-0.1, -0.05) is 212 Å². The molecule has 16 rings (SSSR count). The van der Waals surface area contributed by atoms with E-state index in [0.29, 0.717) is 0 Å². The van der Waals surface area contributed by atoms with Gasteiger partial charge in [-0.2, -0.15) is 0 Å². The molecule has 0 amide bonds. The predicted octanol–water partition coefficient (Wildman–Crippen LogP) is 17.0. The fraction of sp³-hybridized carbons (Fsp3) is 0. The molecule has 0 bridgehead atoms. The van der Waals surface area contributed by atoms with Crippen molar-refractivity contribution < 1.29 is 0 Å². The molecule has 12 aromatic carbocycles. The molecule has 0 saturated heterocycles. The highest BCUT2D eigenvalue weighted by Crippen LogP contribution is 2.50. The van der Waals surface area contributed by atoms with Crippen LogP contribution in [0.15, 0.2) is 285 Å². The molecule has 0 aliphatic carbocycles. The van der Waals surface area contributed by atoms with Gasteiger partial charge < -0.3 is 18.9 Å². The number of nitrogens with zero attached hydrogens (tertiary/aromatic N) is 4. The van der Waals surface area contributed by atoms with Gasteiger partial charge in [-0.05, 0) is 123 Å². The van der Waals surface area contributed by atoms with Crippen LogP contribution in [0.4, 0.5) is 34.1 Å². The van der Waals surface area contributed by atoms with Crippen LogP contribution in [0.2, 0.25) is 0 Å². The zero-order valence-corrected chi connectivity index (χ0v) is 42.0. The lowest BCUT2D eigenvalue weighted by molar-refractivity contribution is 1.15. The van der Waals surface area contributed by atoms with Crippen molar-refractivity contribution in [3.05, 3.63) is 285 Å². The normalized spacial score (nSPS) is 12.6. The first-order chi connectivity index (χ1) is 38.2. The smallest absolute Gasteiger partial charge is 0.252 e. The zero-order valence-electron chi connectivity index (χ0n) is 42.0. The van der Waals surface area contributed by atoms with Crippen LogP contribution < -0.4 is 26.2 Å². The quantitative estimate of drug-likeness (QED) is 0.148. The van der Waals surface area contributed by atoms with E-state index in [2.05, 4.69) is 304 Å². The molecular formula is C72H47BN4. The Morgan fingerprint density at radius 2 is 0.675 bits per heavy atom. The van der Waals surface area contributed by atoms with Crippen LogP contribution in [0, 0.1) is 0 Å². The molecule has 5 heteroatoms. The third-order valence-corrected chi connectivity index (χ3v) is 16.3. The third kappa shape index (κ3) is 6.67. The number of hydrogen-bond donors (Lipinski definition) is 0. The Morgan fingerprint density at radius 3 is 1.23 bits per heavy atom. The minimum Gasteiger partial charge on any atom is -0.311 e. The second kappa shape index (κ2) is 17.2. The van der Waals surface area contributed by atoms with Crippen molar-refractivity contribution in [3.63, 3.8) is 0 Å². The molecule has 4 nitrogen and oxygen atoms in total. The summed E-state index contributed by atoms with van der Waals surface area (Å²) in [7, 11) is 0. The van der Waals surface area contributed by atoms with Gasteiger partial charge in [-0.3, -0.25) is 0 Å². The summed E-state index contributed by atoms with van der Waals surface area (Å²) in [4.78, 5) is 5.16. The lowest BCUT2D eigenvalue weighted by atomic mass is 9.33. The van der Waals surface area contributed by atoms with E-state index >= 15 is 0 Å². The van der Waals surface area contributed by atoms with Crippen LogP contribution in [0.3, 0.4) is 0 Å². The monoisotopic (exact) mass is 978 g/mol. The molecule has 4 heterocycles. The van der Waals surface area contributed by atoms with Crippen molar-refractivity contribution >= 4 is 101 Å². The Kier molecular flexibility index (Phi) is 9.70. The Balaban J connectivity index is 1.07. The molecule has 0 atom stereocenters. The molecule has 0 N–H and O–H groups in total. The Morgan fingerprint density at radius 1 is 0.247 bits per heavy atom. The molecule has 0 radical (unpaired) electrons. The summed E-state index contributed by atoms with van der Waals surface area (Å²) in [6.45, 7) is -0.146. The summed E-state index contributed by atoms with van der Waals surface area (Å²) in [5.74, 6) is 0. The van der Waals surface area contributed by atoms with Crippen LogP contribution in [-0.4, -0.2) is 15.8 Å². The standard InChI is InChI=1S/C72H47BN4/c1-5-19-48(20-6-1)51-33-38-55(39-34-51)74-67-44-37-53(50-23-9-3-10-24-50)45-63(67)73-62-43-42-61-60-29-15-18-32-66(60)76(54-25-11-4-12-26-54)71(61)72(62)77(56-40-35-52(36-41-56)49-21-7-2-8-22-49)69-47-57(46-68(74)70(69)73)75-64-30-16-13-27-58(64)59-28-14-17-31-65(59)75/h1-47H. The lowest BCUT2D eigenvalue weighted by Crippen LogP contribution is -2.61. The van der Waals surface area contributed by atoms with E-state index in [-0.39, 0.29) is 6.71 Å². The van der Waals surface area contributed by atoms with Gasteiger partial charge in [-0.15, -0.1) is 0 Å². The van der Waals surface area contributed by atoms with Gasteiger partial charge in [0.15, 0.2) is 0 Å². The first kappa shape index (κ1) is 43.3. The van der Waals surface area contributed by atoms with Crippen molar-refractivity contribution in [2.45, 2.75) is 0 Å². The molecule has 2 aliphatic rings. The lowest BCUT2D eigenvalue weighted by Gasteiger charge is -2.45. The fourth-order valence-electron chi connectivity index (χ4n) is 12.9. The van der Waals surface area contributed by atoms with Crippen LogP contribution in [0.1, 0.15) is 0 Å². The van der Waals surface area contributed by atoms with Gasteiger partial charge in [0.1, 0.15) is 0 Å². The minimum absolute atomic E-state index is 0.146. The van der Waals surface area contributed by atoms with Crippen molar-refractivity contribution in [1.29, 1.82) is 0 Å². The van der Waals surface area contributed by atoms with Crippen molar-refractivity contribution in [2.75, 3.05) is 9.80 Å². The summed E-state index contributed by atoms with van der Waals surface area (Å²) in [5, 5.41) is 4.89. The number of rotatable bonds is 7. The van der Waals surface area contributed by atoms with Crippen molar-refractivity contribution in [3.8, 4) is 44.8 Å². The molecule has 14 aromatic rings. The van der Waals surface area contributed by atoms with Gasteiger partial charge in [0.2, 0.25) is 0 Å². The average Bonchev–Trinajstić information content (AvgIpc) is 4.27. The summed E-state index contributed by atoms with van der Waals surface area (Å²) < 4.78 is 5.01. The average molecular weight is 979 g/mol. The SMILES string of the molecule is c1ccc(-c2ccc(N3c4ccc(-c5ccccc5)cc4B4c5ccc6c7ccccc7n(-c7ccccc7)c6c5N(c5ccc(-c6ccccc6)cc5)c5cc(-n6c7ccccc7c7ccccc76)cc3c54)cc2)cc1. The van der Waals surface area contributed by atoms with Crippen LogP contribution >= 0.6 is 0 Å². The summed E-state index contributed by atoms with van der Waals surface area (Å²) in [6, 6.07) is 105. The van der Waals surface area contributed by atoms with Crippen LogP contribution in [-0.2, 0) is 0 Å². The molecule has 0 spiro atoms. The van der Waals surface area contributed by atoms with Gasteiger partial charge >= 0.3 is 0 Å². The minimum atomic E-state index is -0.146. The second-order valence-electron chi connectivity index (χ2n) is 20.4. The van der Waals surface area contributed by atoms with Gasteiger partial charge in [0.05, 0.1) is 33.4 Å². The van der Waals surface area contributed by atoms with E-state index < -0.39 is 0 Å². The van der Waals surface area contributed by atoms with E-state index in [4.69, 9.17) is 0 Å². The highest BCUT2D eigenvalue weighted by molar-refractivity contribution is 7.00. The van der Waals surface area contributed by atoms with E-state index in [9.17, 15) is 0 Å². The Labute approximate surface area is 447 Å². The van der Waals surface area contributed by atoms with E-state index in [0.717, 1.165) is 39.8 Å². The summed E-state index contributed by atoms with van der Waals surface area (Å²) in [5.41, 5.74) is 24.6. The predicted molar refractivity (Wildman–Crippen MR) is 325 cm³/mol. The Bertz CT molecular complexity index is 4550. The molecule has 2 aromatic heterocycles. The van der Waals surface area contributed by atoms with Crippen LogP contribution in [0.25, 0.3) is 88.4 Å². The molecule has 77 heavy (non-hydrogen) atoms. The highest BCUT2D eigenvalue weighted by atomic mass is 15.2. The maximum absolute atomic E-state index is 2.61. The zero-order chi connectivity index (χ0) is 50.6. The maximum Gasteiger partial charge on any atom is 0.252 e. The van der Waals surface area contributed by atoms with E-state index in [1.165, 1.54) is 99.1 Å². The largest absolute Gasteiger partial charge is 0.311 e. The molecule has 358 valence electrons. The second-order valence-corrected chi connectivity index (χ2v) is 20.4. The molecular weight excluding hydrogens is 932 g/mol. The van der Waals surface area contributed by atoms with Gasteiger partial charge in [0.25, 0.3) is 6.71 Å². The molecule has 0 saturated carbocycles. The summed E-state index contributed by atoms with van der Waals surface area (Å²) in [6.07, 6.45) is 0. The number of hydrogen-bond acceptors (Lipinski definition) is 2. The first-order valence-electron chi connectivity index (χ1n) is 26.6. The number of benzene rings is 12. The third-order valence-electron chi connectivity index (χ3n) is 16.3. The van der Waals surface area contributed by atoms with Crippen molar-refractivity contribution in [2.24, 2.45) is 0 Å². The van der Waals surface area contributed by atoms with Gasteiger partial charge in [0, 0.05) is 55.7 Å². The maximum atomic E-state index is 2.61. The number of para-hydroxylation sites is 4. The molecule has 0 unspecified atom stereocenters. The van der Waals surface area contributed by atoms with Crippen molar-refractivity contribution in [1.82, 2.24) is 9.13 Å². The van der Waals surface area contributed by atoms with Gasteiger partial charge in [-0.25, -0.2) is 0 Å². The molecule has 0 fully saturated rings. The number of anilines is 6. The number of fused-ring (bicyclic) bond motifs is 11. The Hall–Kier alpha value is -10.1. The number of aromatic nitrogens is 2.